The van der Waals surface area contributed by atoms with Crippen molar-refractivity contribution in [2.45, 2.75) is 12.5 Å². The van der Waals surface area contributed by atoms with Crippen LogP contribution in [0.5, 0.6) is 0 Å². The molecule has 2 unspecified atom stereocenters. The van der Waals surface area contributed by atoms with Crippen molar-refractivity contribution >= 4 is 6.72 Å². The first-order chi connectivity index (χ1) is 7.71. The number of nitrogens with zero attached hydrogens (tertiary/aromatic N) is 2. The average Bonchev–Trinajstić information content (AvgIpc) is 2.84. The molecule has 16 heavy (non-hydrogen) atoms. The highest BCUT2D eigenvalue weighted by molar-refractivity contribution is 5.48. The molecule has 0 saturated carbocycles. The molecule has 0 aromatic heterocycles. The van der Waals surface area contributed by atoms with Crippen molar-refractivity contribution in [3.8, 4) is 0 Å². The van der Waals surface area contributed by atoms with Gasteiger partial charge in [-0.25, -0.2) is 4.99 Å². The van der Waals surface area contributed by atoms with Crippen LogP contribution in [-0.4, -0.2) is 38.4 Å². The smallest absolute Gasteiger partial charge is 0.220 e. The Morgan fingerprint density at radius 3 is 2.81 bits per heavy atom. The molecular formula is C13H18N2O. The Morgan fingerprint density at radius 1 is 1.69 bits per heavy atom. The van der Waals surface area contributed by atoms with E-state index in [1.165, 1.54) is 12.0 Å². The minimum Gasteiger partial charge on any atom is -0.481 e. The van der Waals surface area contributed by atoms with Crippen LogP contribution < -0.4 is 0 Å². The third-order valence-electron chi connectivity index (χ3n) is 3.49. The van der Waals surface area contributed by atoms with Gasteiger partial charge >= 0.3 is 0 Å². The van der Waals surface area contributed by atoms with Gasteiger partial charge in [0, 0.05) is 18.2 Å². The number of methoxy groups -OCH3 is 1. The number of hydrogen-bond donors (Lipinski definition) is 0. The van der Waals surface area contributed by atoms with Crippen LogP contribution in [0, 0.1) is 5.92 Å². The van der Waals surface area contributed by atoms with Gasteiger partial charge in [-0.1, -0.05) is 18.7 Å². The maximum atomic E-state index is 5.22. The second-order valence-electron chi connectivity index (χ2n) is 4.35. The normalized spacial score (nSPS) is 29.8. The number of likely N-dealkylation sites (tertiary alicyclic amines) is 1. The van der Waals surface area contributed by atoms with Gasteiger partial charge in [0.2, 0.25) is 5.88 Å². The molecule has 86 valence electrons. The third-order valence-corrected chi connectivity index (χ3v) is 3.49. The van der Waals surface area contributed by atoms with E-state index in [-0.39, 0.29) is 0 Å². The van der Waals surface area contributed by atoms with Crippen molar-refractivity contribution in [1.29, 1.82) is 0 Å². The largest absolute Gasteiger partial charge is 0.481 e. The Balaban J connectivity index is 2.35. The third kappa shape index (κ3) is 1.61. The molecule has 2 atom stereocenters. The van der Waals surface area contributed by atoms with Crippen LogP contribution in [0.3, 0.4) is 0 Å². The number of fused-ring (bicyclic) bond motifs is 2. The molecule has 2 bridgehead atoms. The first kappa shape index (κ1) is 11.1. The van der Waals surface area contributed by atoms with Crippen molar-refractivity contribution < 1.29 is 4.74 Å². The van der Waals surface area contributed by atoms with Crippen molar-refractivity contribution in [1.82, 2.24) is 4.90 Å². The topological polar surface area (TPSA) is 24.8 Å². The van der Waals surface area contributed by atoms with E-state index in [4.69, 9.17) is 4.74 Å². The van der Waals surface area contributed by atoms with E-state index in [0.717, 1.165) is 12.1 Å². The number of ether oxygens (including phenoxy) is 1. The van der Waals surface area contributed by atoms with Crippen molar-refractivity contribution in [3.05, 3.63) is 35.8 Å². The van der Waals surface area contributed by atoms with E-state index in [2.05, 4.69) is 36.3 Å². The van der Waals surface area contributed by atoms with Gasteiger partial charge in [0.05, 0.1) is 7.11 Å². The summed E-state index contributed by atoms with van der Waals surface area (Å²) in [5, 5.41) is 0. The van der Waals surface area contributed by atoms with Crippen LogP contribution in [-0.2, 0) is 4.74 Å². The van der Waals surface area contributed by atoms with Crippen molar-refractivity contribution in [2.75, 3.05) is 20.7 Å². The molecule has 1 aliphatic heterocycles. The molecule has 1 saturated heterocycles. The second-order valence-corrected chi connectivity index (χ2v) is 4.35. The monoisotopic (exact) mass is 218 g/mol. The summed E-state index contributed by atoms with van der Waals surface area (Å²) in [5.41, 5.74) is 2.32. The van der Waals surface area contributed by atoms with Gasteiger partial charge in [0.15, 0.2) is 0 Å². The Kier molecular flexibility index (Phi) is 2.97. The fourth-order valence-corrected chi connectivity index (χ4v) is 2.69. The van der Waals surface area contributed by atoms with Gasteiger partial charge in [-0.05, 0) is 31.7 Å². The van der Waals surface area contributed by atoms with Crippen LogP contribution in [0.2, 0.25) is 0 Å². The number of rotatable bonds is 4. The van der Waals surface area contributed by atoms with Crippen molar-refractivity contribution in [3.63, 3.8) is 0 Å². The highest BCUT2D eigenvalue weighted by Crippen LogP contribution is 2.40. The van der Waals surface area contributed by atoms with Crippen LogP contribution in [0.4, 0.5) is 0 Å². The summed E-state index contributed by atoms with van der Waals surface area (Å²) < 4.78 is 5.22. The molecule has 2 aliphatic rings. The molecule has 0 amide bonds. The highest BCUT2D eigenvalue weighted by atomic mass is 16.5. The summed E-state index contributed by atoms with van der Waals surface area (Å²) in [6.07, 6.45) is 5.33. The SMILES string of the molecule is C=C/C(C1=CC2CC1CN2C)=C(\N=C)OC. The van der Waals surface area contributed by atoms with E-state index in [1.54, 1.807) is 7.11 Å². The number of likely N-dealkylation sites (N-methyl/N-ethyl adjacent to an activating group) is 1. The van der Waals surface area contributed by atoms with E-state index in [9.17, 15) is 0 Å². The Bertz CT molecular complexity index is 381. The number of aliphatic imine (C=N–C) groups is 1. The molecule has 2 rings (SSSR count). The van der Waals surface area contributed by atoms with Crippen molar-refractivity contribution in [2.24, 2.45) is 10.9 Å². The first-order valence-electron chi connectivity index (χ1n) is 5.51. The van der Waals surface area contributed by atoms with E-state index >= 15 is 0 Å². The van der Waals surface area contributed by atoms with E-state index in [0.29, 0.717) is 17.8 Å². The molecule has 0 aromatic carbocycles. The molecule has 1 heterocycles. The molecule has 0 N–H and O–H groups in total. The lowest BCUT2D eigenvalue weighted by molar-refractivity contribution is 0.285. The fraction of sp³-hybridized carbons (Fsp3) is 0.462. The molecule has 1 fully saturated rings. The zero-order valence-corrected chi connectivity index (χ0v) is 9.94. The summed E-state index contributed by atoms with van der Waals surface area (Å²) >= 11 is 0. The molecule has 1 aliphatic carbocycles. The standard InChI is InChI=1S/C13H18N2O/c1-5-11(13(14-2)16-4)12-7-10-6-9(12)8-15(10)3/h5,7,9-10H,1-2,6,8H2,3-4H3/b13-11-. The fourth-order valence-electron chi connectivity index (χ4n) is 2.69. The maximum absolute atomic E-state index is 5.22. The van der Waals surface area contributed by atoms with Crippen LogP contribution in [0.25, 0.3) is 0 Å². The molecule has 3 heteroatoms. The number of allylic oxidation sites excluding steroid dienone is 2. The first-order valence-corrected chi connectivity index (χ1v) is 5.51. The molecule has 0 aromatic rings. The van der Waals surface area contributed by atoms with E-state index in [1.807, 2.05) is 6.08 Å². The van der Waals surface area contributed by atoms with Gasteiger partial charge in [0.25, 0.3) is 0 Å². The zero-order valence-electron chi connectivity index (χ0n) is 9.94. The second kappa shape index (κ2) is 4.26. The predicted octanol–water partition coefficient (Wildman–Crippen LogP) is 1.99. The minimum absolute atomic E-state index is 0.567. The van der Waals surface area contributed by atoms with Gasteiger partial charge < -0.3 is 4.74 Å². The predicted molar refractivity (Wildman–Crippen MR) is 66.4 cm³/mol. The van der Waals surface area contributed by atoms with Crippen LogP contribution >= 0.6 is 0 Å². The van der Waals surface area contributed by atoms with Crippen LogP contribution in [0.1, 0.15) is 6.42 Å². The molecule has 0 spiro atoms. The van der Waals surface area contributed by atoms with Gasteiger partial charge in [-0.15, -0.1) is 0 Å². The number of hydrogen-bond acceptors (Lipinski definition) is 3. The van der Waals surface area contributed by atoms with Crippen LogP contribution in [0.15, 0.2) is 40.8 Å². The van der Waals surface area contributed by atoms with E-state index < -0.39 is 0 Å². The summed E-state index contributed by atoms with van der Waals surface area (Å²) in [4.78, 5) is 6.28. The average molecular weight is 218 g/mol. The zero-order chi connectivity index (χ0) is 11.7. The molecule has 0 radical (unpaired) electrons. The molecule has 3 nitrogen and oxygen atoms in total. The Hall–Kier alpha value is -1.35. The van der Waals surface area contributed by atoms with Gasteiger partial charge in [0.1, 0.15) is 0 Å². The molecular weight excluding hydrogens is 200 g/mol. The van der Waals surface area contributed by atoms with Gasteiger partial charge in [-0.2, -0.15) is 0 Å². The lowest BCUT2D eigenvalue weighted by atomic mass is 9.95. The summed E-state index contributed by atoms with van der Waals surface area (Å²) in [5.74, 6) is 1.17. The quantitative estimate of drug-likeness (QED) is 0.409. The maximum Gasteiger partial charge on any atom is 0.220 e. The Morgan fingerprint density at radius 2 is 2.44 bits per heavy atom. The summed E-state index contributed by atoms with van der Waals surface area (Å²) in [6, 6.07) is 0.567. The van der Waals surface area contributed by atoms with Gasteiger partial charge in [-0.3, -0.25) is 4.90 Å². The lowest BCUT2D eigenvalue weighted by Gasteiger charge is -2.22. The summed E-state index contributed by atoms with van der Waals surface area (Å²) in [6.45, 7) is 8.49. The lowest BCUT2D eigenvalue weighted by Crippen LogP contribution is -2.26. The summed E-state index contributed by atoms with van der Waals surface area (Å²) in [7, 11) is 3.78. The highest BCUT2D eigenvalue weighted by Gasteiger charge is 2.38. The Labute approximate surface area is 96.8 Å². The minimum atomic E-state index is 0.567.